The molecule has 90 valence electrons. The average molecular weight is 234 g/mol. The number of nitrogens with one attached hydrogen (secondary N) is 1. The minimum absolute atomic E-state index is 0.258. The summed E-state index contributed by atoms with van der Waals surface area (Å²) in [6.45, 7) is 4.16. The fourth-order valence-corrected chi connectivity index (χ4v) is 1.60. The van der Waals surface area contributed by atoms with E-state index >= 15 is 0 Å². The highest BCUT2D eigenvalue weighted by molar-refractivity contribution is 5.62. The summed E-state index contributed by atoms with van der Waals surface area (Å²) in [7, 11) is 0. The van der Waals surface area contributed by atoms with Crippen molar-refractivity contribution < 1.29 is 4.52 Å². The fraction of sp³-hybridized carbons (Fsp3) is 0.364. The molecule has 0 amide bonds. The van der Waals surface area contributed by atoms with Crippen LogP contribution in [0, 0.1) is 5.92 Å². The van der Waals surface area contributed by atoms with Crippen molar-refractivity contribution >= 4 is 5.82 Å². The van der Waals surface area contributed by atoms with Gasteiger partial charge in [-0.1, -0.05) is 19.0 Å². The lowest BCUT2D eigenvalue weighted by Crippen LogP contribution is -2.06. The highest BCUT2D eigenvalue weighted by atomic mass is 16.5. The van der Waals surface area contributed by atoms with Gasteiger partial charge in [0.2, 0.25) is 0 Å². The highest BCUT2D eigenvalue weighted by Crippen LogP contribution is 2.27. The number of nitrogens with zero attached hydrogens (tertiary/aromatic N) is 2. The molecule has 17 heavy (non-hydrogen) atoms. The summed E-state index contributed by atoms with van der Waals surface area (Å²) in [6.07, 6.45) is 0.755. The van der Waals surface area contributed by atoms with Crippen LogP contribution >= 0.6 is 0 Å². The Hall–Kier alpha value is -2.11. The Morgan fingerprint density at radius 1 is 1.47 bits per heavy atom. The molecule has 0 unspecified atom stereocenters. The first kappa shape index (κ1) is 11.4. The Morgan fingerprint density at radius 2 is 2.24 bits per heavy atom. The van der Waals surface area contributed by atoms with E-state index in [0.29, 0.717) is 23.2 Å². The van der Waals surface area contributed by atoms with E-state index in [4.69, 9.17) is 10.3 Å². The van der Waals surface area contributed by atoms with Gasteiger partial charge in [-0.3, -0.25) is 4.79 Å². The van der Waals surface area contributed by atoms with Crippen molar-refractivity contribution in [2.24, 2.45) is 5.92 Å². The molecule has 0 aromatic carbocycles. The Balaban J connectivity index is 2.45. The molecule has 0 saturated carbocycles. The molecule has 0 aliphatic carbocycles. The molecule has 2 rings (SSSR count). The van der Waals surface area contributed by atoms with Crippen molar-refractivity contribution in [3.05, 3.63) is 28.0 Å². The Bertz CT molecular complexity index is 551. The van der Waals surface area contributed by atoms with Crippen LogP contribution in [0.25, 0.3) is 11.5 Å². The molecule has 0 aliphatic rings. The van der Waals surface area contributed by atoms with E-state index in [2.05, 4.69) is 29.2 Å². The highest BCUT2D eigenvalue weighted by Gasteiger charge is 2.17. The van der Waals surface area contributed by atoms with E-state index in [1.54, 1.807) is 6.07 Å². The average Bonchev–Trinajstić information content (AvgIpc) is 2.61. The molecule has 2 heterocycles. The van der Waals surface area contributed by atoms with Gasteiger partial charge in [-0.2, -0.15) is 5.10 Å². The van der Waals surface area contributed by atoms with Gasteiger partial charge in [-0.25, -0.2) is 5.10 Å². The largest absolute Gasteiger partial charge is 0.381 e. The molecule has 6 heteroatoms. The smallest absolute Gasteiger partial charge is 0.264 e. The van der Waals surface area contributed by atoms with Crippen molar-refractivity contribution in [3.63, 3.8) is 0 Å². The van der Waals surface area contributed by atoms with Crippen molar-refractivity contribution in [3.8, 4) is 11.5 Å². The second-order valence-electron chi connectivity index (χ2n) is 4.28. The van der Waals surface area contributed by atoms with Gasteiger partial charge in [0.15, 0.2) is 11.6 Å². The molecule has 0 atom stereocenters. The van der Waals surface area contributed by atoms with E-state index in [-0.39, 0.29) is 5.56 Å². The number of hydrogen-bond donors (Lipinski definition) is 2. The maximum Gasteiger partial charge on any atom is 0.264 e. The molecule has 2 aromatic heterocycles. The zero-order chi connectivity index (χ0) is 12.4. The molecule has 0 bridgehead atoms. The van der Waals surface area contributed by atoms with Crippen LogP contribution in [0.4, 0.5) is 5.82 Å². The molecule has 6 nitrogen and oxygen atoms in total. The second kappa shape index (κ2) is 4.40. The minimum atomic E-state index is -0.258. The van der Waals surface area contributed by atoms with Gasteiger partial charge in [0.1, 0.15) is 5.69 Å². The van der Waals surface area contributed by atoms with Crippen LogP contribution in [0.2, 0.25) is 0 Å². The van der Waals surface area contributed by atoms with E-state index < -0.39 is 0 Å². The maximum atomic E-state index is 10.9. The van der Waals surface area contributed by atoms with Crippen LogP contribution in [0.5, 0.6) is 0 Å². The van der Waals surface area contributed by atoms with Crippen LogP contribution in [-0.4, -0.2) is 15.4 Å². The third-order valence-corrected chi connectivity index (χ3v) is 2.34. The van der Waals surface area contributed by atoms with Crippen LogP contribution < -0.4 is 11.3 Å². The number of H-pyrrole nitrogens is 1. The van der Waals surface area contributed by atoms with Gasteiger partial charge in [0.25, 0.3) is 5.56 Å². The summed E-state index contributed by atoms with van der Waals surface area (Å²) < 4.78 is 5.16. The van der Waals surface area contributed by atoms with Crippen LogP contribution in [-0.2, 0) is 6.42 Å². The lowest BCUT2D eigenvalue weighted by atomic mass is 10.0. The Morgan fingerprint density at radius 3 is 2.82 bits per heavy atom. The summed E-state index contributed by atoms with van der Waals surface area (Å²) in [5, 5.41) is 10.00. The van der Waals surface area contributed by atoms with E-state index in [0.717, 1.165) is 12.0 Å². The van der Waals surface area contributed by atoms with Crippen molar-refractivity contribution in [2.75, 3.05) is 5.73 Å². The predicted octanol–water partition coefficient (Wildman–Crippen LogP) is 1.21. The molecule has 0 fully saturated rings. The number of aromatic nitrogens is 3. The Labute approximate surface area is 97.8 Å². The zero-order valence-electron chi connectivity index (χ0n) is 9.73. The summed E-state index contributed by atoms with van der Waals surface area (Å²) >= 11 is 0. The summed E-state index contributed by atoms with van der Waals surface area (Å²) in [4.78, 5) is 10.9. The number of rotatable bonds is 3. The van der Waals surface area contributed by atoms with Gasteiger partial charge in [-0.15, -0.1) is 0 Å². The number of hydrogen-bond acceptors (Lipinski definition) is 5. The fourth-order valence-electron chi connectivity index (χ4n) is 1.60. The first-order valence-electron chi connectivity index (χ1n) is 5.38. The van der Waals surface area contributed by atoms with Gasteiger partial charge >= 0.3 is 0 Å². The number of aromatic amines is 1. The quantitative estimate of drug-likeness (QED) is 0.831. The molecular formula is C11H14N4O2. The van der Waals surface area contributed by atoms with Gasteiger partial charge in [0, 0.05) is 11.6 Å². The predicted molar refractivity (Wildman–Crippen MR) is 63.3 cm³/mol. The lowest BCUT2D eigenvalue weighted by molar-refractivity contribution is 0.432. The van der Waals surface area contributed by atoms with Gasteiger partial charge in [-0.05, 0) is 18.4 Å². The number of anilines is 1. The topological polar surface area (TPSA) is 97.8 Å². The third-order valence-electron chi connectivity index (χ3n) is 2.34. The first-order chi connectivity index (χ1) is 8.08. The molecule has 0 aliphatic heterocycles. The number of nitrogen functional groups attached to an aromatic ring is 1. The summed E-state index contributed by atoms with van der Waals surface area (Å²) in [5.74, 6) is 1.33. The minimum Gasteiger partial charge on any atom is -0.381 e. The van der Waals surface area contributed by atoms with Crippen molar-refractivity contribution in [2.45, 2.75) is 20.3 Å². The van der Waals surface area contributed by atoms with E-state index in [9.17, 15) is 4.79 Å². The molecule has 0 saturated heterocycles. The summed E-state index contributed by atoms with van der Waals surface area (Å²) in [6, 6.07) is 2.98. The first-order valence-corrected chi connectivity index (χ1v) is 5.38. The SMILES string of the molecule is CC(C)Cc1c(N)noc1-c1ccc(=O)[nH]n1. The van der Waals surface area contributed by atoms with Crippen molar-refractivity contribution in [1.29, 1.82) is 0 Å². The maximum absolute atomic E-state index is 10.9. The molecule has 0 spiro atoms. The van der Waals surface area contributed by atoms with Gasteiger partial charge < -0.3 is 10.3 Å². The number of nitrogens with two attached hydrogens (primary N) is 1. The molecule has 0 radical (unpaired) electrons. The van der Waals surface area contributed by atoms with Crippen LogP contribution in [0.3, 0.4) is 0 Å². The monoisotopic (exact) mass is 234 g/mol. The molecular weight excluding hydrogens is 220 g/mol. The lowest BCUT2D eigenvalue weighted by Gasteiger charge is -2.04. The van der Waals surface area contributed by atoms with E-state index in [1.165, 1.54) is 6.07 Å². The Kier molecular flexibility index (Phi) is 2.95. The standard InChI is InChI=1S/C11H14N4O2/c1-6(2)5-7-10(17-15-11(7)12)8-3-4-9(16)14-13-8/h3-4,6H,5H2,1-2H3,(H2,12,15)(H,14,16). The zero-order valence-corrected chi connectivity index (χ0v) is 9.73. The molecule has 3 N–H and O–H groups in total. The normalized spacial score (nSPS) is 11.0. The van der Waals surface area contributed by atoms with Gasteiger partial charge in [0.05, 0.1) is 0 Å². The van der Waals surface area contributed by atoms with E-state index in [1.807, 2.05) is 0 Å². The second-order valence-corrected chi connectivity index (χ2v) is 4.28. The van der Waals surface area contributed by atoms with Crippen LogP contribution in [0.1, 0.15) is 19.4 Å². The van der Waals surface area contributed by atoms with Crippen LogP contribution in [0.15, 0.2) is 21.5 Å². The molecule has 2 aromatic rings. The van der Waals surface area contributed by atoms with Crippen molar-refractivity contribution in [1.82, 2.24) is 15.4 Å². The third kappa shape index (κ3) is 2.35. The summed E-state index contributed by atoms with van der Waals surface area (Å²) in [5.41, 5.74) is 6.86.